The van der Waals surface area contributed by atoms with Crippen LogP contribution in [0.4, 0.5) is 9.18 Å². The quantitative estimate of drug-likeness (QED) is 0.685. The van der Waals surface area contributed by atoms with Crippen LogP contribution in [0.3, 0.4) is 0 Å². The number of halogens is 1. The van der Waals surface area contributed by atoms with Gasteiger partial charge in [0.05, 0.1) is 6.07 Å². The number of amides is 2. The SMILES string of the molecule is Cn1ccc(-c2ccc(CC(C#N)NC(=O)C3C4CCC(C4)N3C(=O)OC(C)(C)C)c(F)c2)cc1=O. The summed E-state index contributed by atoms with van der Waals surface area (Å²) >= 11 is 0. The summed E-state index contributed by atoms with van der Waals surface area (Å²) in [5.74, 6) is -0.939. The molecule has 1 aromatic heterocycles. The fourth-order valence-corrected chi connectivity index (χ4v) is 5.13. The number of fused-ring (bicyclic) bond motifs is 2. The van der Waals surface area contributed by atoms with E-state index in [0.29, 0.717) is 11.1 Å². The molecule has 4 rings (SSSR count). The number of hydrogen-bond acceptors (Lipinski definition) is 5. The maximum absolute atomic E-state index is 14.9. The lowest BCUT2D eigenvalue weighted by Gasteiger charge is -2.35. The molecule has 1 aliphatic carbocycles. The monoisotopic (exact) mass is 494 g/mol. The molecule has 190 valence electrons. The highest BCUT2D eigenvalue weighted by Gasteiger charge is 2.52. The molecule has 9 heteroatoms. The minimum absolute atomic E-state index is 0.0106. The van der Waals surface area contributed by atoms with Crippen LogP contribution in [0.1, 0.15) is 45.6 Å². The average Bonchev–Trinajstić information content (AvgIpc) is 3.42. The fraction of sp³-hybridized carbons (Fsp3) is 0.481. The van der Waals surface area contributed by atoms with E-state index in [0.717, 1.165) is 19.3 Å². The lowest BCUT2D eigenvalue weighted by atomic mass is 9.97. The summed E-state index contributed by atoms with van der Waals surface area (Å²) in [5, 5.41) is 12.4. The van der Waals surface area contributed by atoms with E-state index < -0.39 is 35.5 Å². The van der Waals surface area contributed by atoms with Gasteiger partial charge in [-0.25, -0.2) is 9.18 Å². The Morgan fingerprint density at radius 1 is 1.22 bits per heavy atom. The first kappa shape index (κ1) is 25.4. The van der Waals surface area contributed by atoms with Gasteiger partial charge < -0.3 is 14.6 Å². The molecule has 36 heavy (non-hydrogen) atoms. The number of pyridine rings is 1. The Hall–Kier alpha value is -3.67. The number of hydrogen-bond donors (Lipinski definition) is 1. The van der Waals surface area contributed by atoms with E-state index in [9.17, 15) is 24.0 Å². The maximum atomic E-state index is 14.9. The average molecular weight is 495 g/mol. The molecule has 1 saturated carbocycles. The van der Waals surface area contributed by atoms with Gasteiger partial charge in [0, 0.05) is 31.8 Å². The second-order valence-electron chi connectivity index (χ2n) is 10.6. The summed E-state index contributed by atoms with van der Waals surface area (Å²) in [7, 11) is 1.63. The van der Waals surface area contributed by atoms with Crippen molar-refractivity contribution in [2.45, 2.75) is 70.2 Å². The first-order chi connectivity index (χ1) is 17.0. The molecule has 2 fully saturated rings. The van der Waals surface area contributed by atoms with Crippen LogP contribution in [0.25, 0.3) is 11.1 Å². The second kappa shape index (κ2) is 9.76. The number of rotatable bonds is 5. The van der Waals surface area contributed by atoms with Crippen LogP contribution in [0.5, 0.6) is 0 Å². The van der Waals surface area contributed by atoms with Crippen LogP contribution in [0.15, 0.2) is 41.3 Å². The van der Waals surface area contributed by atoms with E-state index in [-0.39, 0.29) is 29.5 Å². The molecule has 2 bridgehead atoms. The molecule has 2 heterocycles. The highest BCUT2D eigenvalue weighted by molar-refractivity contribution is 5.87. The number of aryl methyl sites for hydroxylation is 1. The molecule has 2 aromatic rings. The first-order valence-corrected chi connectivity index (χ1v) is 12.1. The molecular formula is C27H31FN4O4. The van der Waals surface area contributed by atoms with Gasteiger partial charge in [0.15, 0.2) is 0 Å². The third-order valence-electron chi connectivity index (χ3n) is 6.85. The van der Waals surface area contributed by atoms with Gasteiger partial charge in [-0.3, -0.25) is 14.5 Å². The zero-order chi connectivity index (χ0) is 26.2. The lowest BCUT2D eigenvalue weighted by molar-refractivity contribution is -0.128. The van der Waals surface area contributed by atoms with Gasteiger partial charge in [0.2, 0.25) is 5.91 Å². The van der Waals surface area contributed by atoms with Crippen molar-refractivity contribution in [2.75, 3.05) is 0 Å². The summed E-state index contributed by atoms with van der Waals surface area (Å²) < 4.78 is 21.9. The normalized spacial score (nSPS) is 21.7. The van der Waals surface area contributed by atoms with Gasteiger partial charge in [-0.1, -0.05) is 12.1 Å². The predicted molar refractivity (Wildman–Crippen MR) is 131 cm³/mol. The Labute approximate surface area is 209 Å². The maximum Gasteiger partial charge on any atom is 0.411 e. The molecule has 0 radical (unpaired) electrons. The van der Waals surface area contributed by atoms with E-state index in [4.69, 9.17) is 4.74 Å². The molecule has 1 aliphatic heterocycles. The topological polar surface area (TPSA) is 104 Å². The highest BCUT2D eigenvalue weighted by atomic mass is 19.1. The summed E-state index contributed by atoms with van der Waals surface area (Å²) in [6.45, 7) is 5.33. The number of carbonyl (C=O) groups excluding carboxylic acids is 2. The largest absolute Gasteiger partial charge is 0.444 e. The number of aromatic nitrogens is 1. The van der Waals surface area contributed by atoms with Gasteiger partial charge in [0.1, 0.15) is 23.5 Å². The van der Waals surface area contributed by atoms with Crippen molar-refractivity contribution >= 4 is 12.0 Å². The van der Waals surface area contributed by atoms with Crippen molar-refractivity contribution in [2.24, 2.45) is 13.0 Å². The molecule has 4 unspecified atom stereocenters. The number of likely N-dealkylation sites (tertiary alicyclic amines) is 1. The van der Waals surface area contributed by atoms with Crippen LogP contribution in [-0.2, 0) is 23.0 Å². The standard InChI is InChI=1S/C27H31FN4O4/c1-27(2,3)36-26(35)32-21-8-7-19(12-21)24(32)25(34)30-20(15-29)11-18-6-5-16(13-22(18)28)17-9-10-31(4)23(33)14-17/h5-6,9-10,13-14,19-21,24H,7-8,11-12H2,1-4H3,(H,30,34). The number of carbonyl (C=O) groups is 2. The number of benzene rings is 1. The zero-order valence-corrected chi connectivity index (χ0v) is 21.0. The Kier molecular flexibility index (Phi) is 6.90. The van der Waals surface area contributed by atoms with Gasteiger partial charge in [-0.2, -0.15) is 5.26 Å². The number of piperidine rings is 1. The van der Waals surface area contributed by atoms with Crippen LogP contribution >= 0.6 is 0 Å². The van der Waals surface area contributed by atoms with Crippen molar-refractivity contribution in [3.63, 3.8) is 0 Å². The third kappa shape index (κ3) is 5.27. The fourth-order valence-electron chi connectivity index (χ4n) is 5.13. The van der Waals surface area contributed by atoms with Crippen LogP contribution in [0, 0.1) is 23.1 Å². The van der Waals surface area contributed by atoms with E-state index in [1.165, 1.54) is 21.6 Å². The molecule has 1 saturated heterocycles. The molecular weight excluding hydrogens is 463 g/mol. The van der Waals surface area contributed by atoms with Crippen molar-refractivity contribution in [3.05, 3.63) is 58.3 Å². The molecule has 2 aliphatic rings. The molecule has 4 atom stereocenters. The Balaban J connectivity index is 1.47. The van der Waals surface area contributed by atoms with Crippen LogP contribution in [-0.4, -0.2) is 45.2 Å². The molecule has 1 N–H and O–H groups in total. The molecule has 2 amide bonds. The number of nitrogens with zero attached hydrogens (tertiary/aromatic N) is 3. The van der Waals surface area contributed by atoms with Crippen molar-refractivity contribution < 1.29 is 18.7 Å². The van der Waals surface area contributed by atoms with Gasteiger partial charge in [0.25, 0.3) is 5.56 Å². The molecule has 0 spiro atoms. The molecule has 8 nitrogen and oxygen atoms in total. The number of ether oxygens (including phenoxy) is 1. The summed E-state index contributed by atoms with van der Waals surface area (Å²) in [6, 6.07) is 8.02. The number of nitriles is 1. The zero-order valence-electron chi connectivity index (χ0n) is 21.0. The summed E-state index contributed by atoms with van der Waals surface area (Å²) in [4.78, 5) is 39.5. The van der Waals surface area contributed by atoms with Crippen LogP contribution in [0.2, 0.25) is 0 Å². The van der Waals surface area contributed by atoms with Crippen molar-refractivity contribution in [3.8, 4) is 17.2 Å². The van der Waals surface area contributed by atoms with E-state index in [1.807, 2.05) is 6.07 Å². The van der Waals surface area contributed by atoms with E-state index in [2.05, 4.69) is 5.32 Å². The van der Waals surface area contributed by atoms with Crippen molar-refractivity contribution in [1.29, 1.82) is 5.26 Å². The third-order valence-corrected chi connectivity index (χ3v) is 6.85. The van der Waals surface area contributed by atoms with E-state index in [1.54, 1.807) is 52.2 Å². The van der Waals surface area contributed by atoms with Gasteiger partial charge >= 0.3 is 6.09 Å². The Morgan fingerprint density at radius 3 is 2.58 bits per heavy atom. The summed E-state index contributed by atoms with van der Waals surface area (Å²) in [6.07, 6.45) is 3.44. The second-order valence-corrected chi connectivity index (χ2v) is 10.6. The predicted octanol–water partition coefficient (Wildman–Crippen LogP) is 3.53. The van der Waals surface area contributed by atoms with Crippen LogP contribution < -0.4 is 10.9 Å². The summed E-state index contributed by atoms with van der Waals surface area (Å²) in [5.41, 5.74) is 0.510. The first-order valence-electron chi connectivity index (χ1n) is 12.1. The van der Waals surface area contributed by atoms with Crippen molar-refractivity contribution in [1.82, 2.24) is 14.8 Å². The van der Waals surface area contributed by atoms with Gasteiger partial charge in [-0.05, 0) is 74.8 Å². The lowest BCUT2D eigenvalue weighted by Crippen LogP contribution is -2.55. The highest BCUT2D eigenvalue weighted by Crippen LogP contribution is 2.43. The Morgan fingerprint density at radius 2 is 1.94 bits per heavy atom. The molecule has 1 aromatic carbocycles. The van der Waals surface area contributed by atoms with E-state index >= 15 is 0 Å². The smallest absolute Gasteiger partial charge is 0.411 e. The Bertz CT molecular complexity index is 1280. The minimum Gasteiger partial charge on any atom is -0.444 e. The number of nitrogens with one attached hydrogen (secondary N) is 1. The van der Waals surface area contributed by atoms with Gasteiger partial charge in [-0.15, -0.1) is 0 Å². The minimum atomic E-state index is -0.971.